The molecule has 0 saturated carbocycles. The summed E-state index contributed by atoms with van der Waals surface area (Å²) < 4.78 is 98.4. The molecule has 0 bridgehead atoms. The first-order valence-electron chi connectivity index (χ1n) is 24.5. The Labute approximate surface area is 468 Å². The van der Waals surface area contributed by atoms with Crippen LogP contribution in [0.3, 0.4) is 0 Å². The smallest absolute Gasteiger partial charge is 0.746 e. The van der Waals surface area contributed by atoms with Gasteiger partial charge >= 0.3 is 29.6 Å². The van der Waals surface area contributed by atoms with Crippen molar-refractivity contribution in [3.8, 4) is 0 Å². The minimum Gasteiger partial charge on any atom is -0.746 e. The van der Waals surface area contributed by atoms with Crippen LogP contribution in [0.25, 0.3) is 0 Å². The molecule has 0 amide bonds. The van der Waals surface area contributed by atoms with Gasteiger partial charge in [0.15, 0.2) is 28.1 Å². The van der Waals surface area contributed by atoms with Crippen LogP contribution in [0.1, 0.15) is 105 Å². The molecule has 0 aliphatic carbocycles. The van der Waals surface area contributed by atoms with Crippen LogP contribution in [0.5, 0.6) is 0 Å². The van der Waals surface area contributed by atoms with Gasteiger partial charge in [-0.2, -0.15) is 0 Å². The first-order chi connectivity index (χ1) is 33.9. The second-order valence-corrected chi connectivity index (χ2v) is 18.4. The van der Waals surface area contributed by atoms with E-state index >= 15 is 0 Å². The van der Waals surface area contributed by atoms with E-state index in [2.05, 4.69) is 25.5 Å². The quantitative estimate of drug-likeness (QED) is 0.103. The molecular weight excluding hydrogens is 1040 g/mol. The Hall–Kier alpha value is -0.890. The molecule has 0 spiro atoms. The molecule has 6 saturated heterocycles. The second kappa shape index (κ2) is 44.9. The number of ketones is 3. The number of rotatable bonds is 13. The van der Waals surface area contributed by atoms with Crippen LogP contribution >= 0.6 is 12.4 Å². The van der Waals surface area contributed by atoms with Crippen LogP contribution in [0, 0.1) is 0 Å². The van der Waals surface area contributed by atoms with E-state index in [1.165, 1.54) is 21.3 Å². The molecule has 26 heteroatoms. The number of hydrogen-bond acceptors (Lipinski definition) is 23. The molecule has 74 heavy (non-hydrogen) atoms. The number of aliphatic hydroxyl groups excluding tert-OH is 3. The molecule has 0 aromatic heterocycles. The summed E-state index contributed by atoms with van der Waals surface area (Å²) in [5.74, 6) is 0.307. The Bertz CT molecular complexity index is 1550. The van der Waals surface area contributed by atoms with Gasteiger partial charge in [-0.1, -0.05) is 28.2 Å². The molecule has 7 aliphatic rings. The van der Waals surface area contributed by atoms with Gasteiger partial charge in [0, 0.05) is 92.3 Å². The predicted molar refractivity (Wildman–Crippen MR) is 266 cm³/mol. The Morgan fingerprint density at radius 1 is 0.622 bits per heavy atom. The van der Waals surface area contributed by atoms with Crippen molar-refractivity contribution in [2.24, 2.45) is 0 Å². The van der Waals surface area contributed by atoms with Crippen molar-refractivity contribution in [3.05, 3.63) is 11.8 Å². The maximum absolute atomic E-state index is 10.8. The van der Waals surface area contributed by atoms with Gasteiger partial charge in [-0.25, -0.2) is 8.42 Å². The zero-order chi connectivity index (χ0) is 53.0. The van der Waals surface area contributed by atoms with Crippen LogP contribution in [-0.2, 0) is 86.1 Å². The molecule has 0 aromatic rings. The van der Waals surface area contributed by atoms with Crippen LogP contribution < -0.4 is 29.6 Å². The van der Waals surface area contributed by atoms with Gasteiger partial charge in [-0.15, -0.1) is 12.4 Å². The number of ether oxygens (including phenoxy) is 13. The van der Waals surface area contributed by atoms with E-state index in [1.54, 1.807) is 0 Å². The summed E-state index contributed by atoms with van der Waals surface area (Å²) in [6.07, 6.45) is 6.64. The SMILES string of the molecule is C.CCCOC1(OCCC)CCOCC1.CCCOC1=CCOCC1.COC1(OC)CCOC[C@H]1O.CO[C@@H]1COCCC1=O.Cl.O=C1CCOCC1.O=C1CCOC[C@H]1O.O=S(=O)([O-])C1(O)CCOC[C@H]1O.[Na+]. The van der Waals surface area contributed by atoms with Gasteiger partial charge in [0.2, 0.25) is 0 Å². The molecule has 1 unspecified atom stereocenters. The topological polar surface area (TPSA) is 309 Å². The van der Waals surface area contributed by atoms with E-state index in [4.69, 9.17) is 67.1 Å². The van der Waals surface area contributed by atoms with E-state index in [0.717, 1.165) is 90.5 Å². The van der Waals surface area contributed by atoms with Crippen LogP contribution in [0.15, 0.2) is 11.8 Å². The van der Waals surface area contributed by atoms with Gasteiger partial charge in [-0.3, -0.25) is 14.4 Å². The normalized spacial score (nSPS) is 26.0. The summed E-state index contributed by atoms with van der Waals surface area (Å²) in [5, 5.41) is 36.4. The molecule has 5 atom stereocenters. The molecule has 4 N–H and O–H groups in total. The summed E-state index contributed by atoms with van der Waals surface area (Å²) in [5.41, 5.74) is 0. The van der Waals surface area contributed by atoms with Crippen molar-refractivity contribution < 1.29 is 139 Å². The summed E-state index contributed by atoms with van der Waals surface area (Å²) in [6, 6.07) is 0. The van der Waals surface area contributed by atoms with Gasteiger partial charge < -0.3 is 86.6 Å². The minimum absolute atomic E-state index is 0. The average molecular weight is 1130 g/mol. The number of halogens is 1. The summed E-state index contributed by atoms with van der Waals surface area (Å²) in [6.45, 7) is 15.2. The first-order valence-corrected chi connectivity index (χ1v) is 25.9. The van der Waals surface area contributed by atoms with Crippen LogP contribution in [0.2, 0.25) is 0 Å². The van der Waals surface area contributed by atoms with E-state index in [0.29, 0.717) is 77.5 Å². The predicted octanol–water partition coefficient (Wildman–Crippen LogP) is -0.423. The van der Waals surface area contributed by atoms with Crippen molar-refractivity contribution in [2.45, 2.75) is 146 Å². The fourth-order valence-corrected chi connectivity index (χ4v) is 7.50. The molecular formula is C48H90ClNaO23S. The number of Topliss-reactive ketones (excluding diaryl/α,β-unsaturated/α-hetero) is 3. The molecule has 0 radical (unpaired) electrons. The molecule has 434 valence electrons. The van der Waals surface area contributed by atoms with E-state index < -0.39 is 39.2 Å². The van der Waals surface area contributed by atoms with E-state index in [-0.39, 0.29) is 106 Å². The van der Waals surface area contributed by atoms with Gasteiger partial charge in [-0.05, 0) is 25.3 Å². The van der Waals surface area contributed by atoms with Gasteiger partial charge in [0.1, 0.15) is 40.3 Å². The maximum Gasteiger partial charge on any atom is 1.00 e. The molecule has 6 fully saturated rings. The number of methoxy groups -OCH3 is 3. The van der Waals surface area contributed by atoms with Crippen molar-refractivity contribution in [2.75, 3.05) is 134 Å². The van der Waals surface area contributed by atoms with Crippen LogP contribution in [-0.4, -0.2) is 225 Å². The summed E-state index contributed by atoms with van der Waals surface area (Å²) >= 11 is 0. The summed E-state index contributed by atoms with van der Waals surface area (Å²) in [4.78, 5) is 29.1. The van der Waals surface area contributed by atoms with Crippen molar-refractivity contribution >= 4 is 39.9 Å². The molecule has 0 aromatic carbocycles. The third kappa shape index (κ3) is 31.0. The first kappa shape index (κ1) is 77.3. The average Bonchev–Trinajstić information content (AvgIpc) is 3.38. The fraction of sp³-hybridized carbons (Fsp3) is 0.896. The minimum atomic E-state index is -4.90. The molecule has 23 nitrogen and oxygen atoms in total. The van der Waals surface area contributed by atoms with Gasteiger partial charge in [0.05, 0.1) is 105 Å². The monoisotopic (exact) mass is 1120 g/mol. The standard InChI is InChI=1S/C11H22O3.C8H14O2.C7H14O4.C6H10O3.C5H10O6S.C5H8O3.C5H8O2.CH4.ClH.Na/c1-3-7-13-11(14-8-4-2)5-9-12-10-6-11;1-2-5-10-8-3-6-9-7-4-8;1-9-7(10-2)3-4-11-5-6(7)8;1-8-6-4-9-3-2-5(6)7;6-4-3-11-2-1-5(4,7)12(8,9)10;6-4-1-2-8-3-5(4)7;6-5-1-3-7-4-2-5;;;/h3-10H2,1-2H3;3H,2,4-7H2,1H3;6,8H,3-5H2,1-2H3;6H,2-4H2,1H3;4,6-7H,1-3H2,(H,8,9,10);5,7H,1-3H2;1-4H2;1H4;1H;/q;;;;;;;;;+1/p-1/t;;2*6-;4-,5?;5-;;;;/m..1111..../s1. The van der Waals surface area contributed by atoms with Crippen molar-refractivity contribution in [3.63, 3.8) is 0 Å². The zero-order valence-electron chi connectivity index (χ0n) is 44.3. The van der Waals surface area contributed by atoms with Crippen LogP contribution in [0.4, 0.5) is 0 Å². The number of carbonyl (C=O) groups excluding carboxylic acids is 3. The molecule has 7 rings (SSSR count). The number of carbonyl (C=O) groups is 3. The Kier molecular flexibility index (Phi) is 46.9. The Morgan fingerprint density at radius 2 is 1.09 bits per heavy atom. The largest absolute Gasteiger partial charge is 1.00 e. The molecule has 7 heterocycles. The van der Waals surface area contributed by atoms with E-state index in [1.807, 2.05) is 6.08 Å². The Balaban J connectivity index is -0.000000797. The number of hydrogen-bond donors (Lipinski definition) is 4. The fourth-order valence-electron chi connectivity index (χ4n) is 6.77. The number of aliphatic hydroxyl groups is 4. The van der Waals surface area contributed by atoms with Crippen molar-refractivity contribution in [1.29, 1.82) is 0 Å². The maximum atomic E-state index is 10.8. The third-order valence-electron chi connectivity index (χ3n) is 11.3. The summed E-state index contributed by atoms with van der Waals surface area (Å²) in [7, 11) is -0.322. The van der Waals surface area contributed by atoms with Crippen molar-refractivity contribution in [1.82, 2.24) is 0 Å². The third-order valence-corrected chi connectivity index (χ3v) is 12.6. The molecule has 7 aliphatic heterocycles. The Morgan fingerprint density at radius 3 is 1.46 bits per heavy atom. The van der Waals surface area contributed by atoms with Gasteiger partial charge in [0.25, 0.3) is 0 Å². The van der Waals surface area contributed by atoms with E-state index in [9.17, 15) is 37.6 Å². The second-order valence-electron chi connectivity index (χ2n) is 16.7. The zero-order valence-corrected chi connectivity index (χ0v) is 47.9.